The van der Waals surface area contributed by atoms with Crippen molar-refractivity contribution in [3.63, 3.8) is 0 Å². The molecular formula is C23H33N3OS2. The lowest BCUT2D eigenvalue weighted by molar-refractivity contribution is 0.251. The summed E-state index contributed by atoms with van der Waals surface area (Å²) in [7, 11) is 0. The van der Waals surface area contributed by atoms with Crippen molar-refractivity contribution in [2.75, 3.05) is 24.4 Å². The number of nitrogens with zero attached hydrogens (tertiary/aromatic N) is 1. The van der Waals surface area contributed by atoms with Crippen LogP contribution < -0.4 is 10.6 Å². The van der Waals surface area contributed by atoms with Crippen LogP contribution in [0, 0.1) is 19.8 Å². The molecule has 0 saturated carbocycles. The summed E-state index contributed by atoms with van der Waals surface area (Å²) in [6.07, 6.45) is 6.19. The van der Waals surface area contributed by atoms with Gasteiger partial charge in [-0.15, -0.1) is 23.5 Å². The number of amides is 2. The Hall–Kier alpha value is -1.66. The molecule has 0 aliphatic carbocycles. The third-order valence-corrected chi connectivity index (χ3v) is 6.29. The van der Waals surface area contributed by atoms with Crippen LogP contribution in [0.25, 0.3) is 0 Å². The molecule has 1 aromatic heterocycles. The number of aromatic nitrogens is 1. The molecule has 1 atom stereocenters. The normalized spacial score (nSPS) is 12.1. The number of aryl methyl sites for hydroxylation is 2. The zero-order valence-corrected chi connectivity index (χ0v) is 20.0. The highest BCUT2D eigenvalue weighted by atomic mass is 32.2. The third kappa shape index (κ3) is 7.27. The van der Waals surface area contributed by atoms with Crippen molar-refractivity contribution >= 4 is 35.2 Å². The van der Waals surface area contributed by atoms with Gasteiger partial charge in [-0.3, -0.25) is 0 Å². The Morgan fingerprint density at radius 2 is 1.86 bits per heavy atom. The van der Waals surface area contributed by atoms with Gasteiger partial charge in [0, 0.05) is 23.1 Å². The molecule has 2 rings (SSSR count). The highest BCUT2D eigenvalue weighted by Crippen LogP contribution is 2.33. The van der Waals surface area contributed by atoms with Crippen LogP contribution in [-0.2, 0) is 0 Å². The number of carbonyl (C=O) groups excluding carboxylic acids is 1. The second-order valence-electron chi connectivity index (χ2n) is 7.77. The molecule has 158 valence electrons. The molecule has 4 nitrogen and oxygen atoms in total. The second kappa shape index (κ2) is 11.5. The van der Waals surface area contributed by atoms with Gasteiger partial charge in [-0.05, 0) is 50.3 Å². The summed E-state index contributed by atoms with van der Waals surface area (Å²) in [6.45, 7) is 9.19. The molecule has 2 aromatic rings. The van der Waals surface area contributed by atoms with Crippen molar-refractivity contribution in [3.05, 3.63) is 47.2 Å². The molecule has 0 spiro atoms. The van der Waals surface area contributed by atoms with Gasteiger partial charge in [0.25, 0.3) is 0 Å². The standard InChI is InChI=1S/C23H33N3OS2/c1-15(2)10-11-19(18-9-7-8-16(3)12-18)14-24-23(27)26-21-20(28-5)13-17(4)25-22(21)29-6/h7-9,12-13,15,19H,10-11,14H2,1-6H3,(H2,24,26,27). The van der Waals surface area contributed by atoms with E-state index in [0.717, 1.165) is 34.1 Å². The molecule has 2 amide bonds. The summed E-state index contributed by atoms with van der Waals surface area (Å²) in [4.78, 5) is 18.3. The summed E-state index contributed by atoms with van der Waals surface area (Å²) in [5, 5.41) is 6.98. The predicted molar refractivity (Wildman–Crippen MR) is 128 cm³/mol. The average molecular weight is 432 g/mol. The molecule has 1 unspecified atom stereocenters. The zero-order chi connectivity index (χ0) is 21.4. The summed E-state index contributed by atoms with van der Waals surface area (Å²) in [5.74, 6) is 0.947. The monoisotopic (exact) mass is 431 g/mol. The van der Waals surface area contributed by atoms with Crippen LogP contribution in [0.5, 0.6) is 0 Å². The molecule has 0 aliphatic heterocycles. The first-order valence-corrected chi connectivity index (χ1v) is 12.5. The SMILES string of the molecule is CSc1cc(C)nc(SC)c1NC(=O)NCC(CCC(C)C)c1cccc(C)c1. The fourth-order valence-electron chi connectivity index (χ4n) is 3.26. The lowest BCUT2D eigenvalue weighted by atomic mass is 9.90. The van der Waals surface area contributed by atoms with Crippen LogP contribution in [0.3, 0.4) is 0 Å². The number of carbonyl (C=O) groups is 1. The fourth-order valence-corrected chi connectivity index (χ4v) is 4.56. The van der Waals surface area contributed by atoms with Crippen LogP contribution in [0.4, 0.5) is 10.5 Å². The van der Waals surface area contributed by atoms with Crippen molar-refractivity contribution in [2.45, 2.75) is 56.4 Å². The molecule has 1 aromatic carbocycles. The summed E-state index contributed by atoms with van der Waals surface area (Å²) < 4.78 is 0. The van der Waals surface area contributed by atoms with Gasteiger partial charge in [-0.1, -0.05) is 50.1 Å². The highest BCUT2D eigenvalue weighted by molar-refractivity contribution is 7.99. The van der Waals surface area contributed by atoms with E-state index in [-0.39, 0.29) is 6.03 Å². The number of thioether (sulfide) groups is 2. The van der Waals surface area contributed by atoms with Crippen molar-refractivity contribution < 1.29 is 4.79 Å². The van der Waals surface area contributed by atoms with Gasteiger partial charge in [0.15, 0.2) is 0 Å². The molecule has 29 heavy (non-hydrogen) atoms. The van der Waals surface area contributed by atoms with E-state index in [2.05, 4.69) is 60.7 Å². The lowest BCUT2D eigenvalue weighted by Crippen LogP contribution is -2.33. The fraction of sp³-hybridized carbons (Fsp3) is 0.478. The summed E-state index contributed by atoms with van der Waals surface area (Å²) in [6, 6.07) is 10.4. The molecule has 0 saturated heterocycles. The Balaban J connectivity index is 2.10. The number of nitrogens with one attached hydrogen (secondary N) is 2. The second-order valence-corrected chi connectivity index (χ2v) is 9.41. The van der Waals surface area contributed by atoms with Gasteiger partial charge in [0.05, 0.1) is 5.69 Å². The maximum atomic E-state index is 12.7. The van der Waals surface area contributed by atoms with E-state index in [1.165, 1.54) is 11.1 Å². The number of anilines is 1. The molecule has 0 radical (unpaired) electrons. The van der Waals surface area contributed by atoms with E-state index < -0.39 is 0 Å². The third-order valence-electron chi connectivity index (χ3n) is 4.84. The first-order valence-electron chi connectivity index (χ1n) is 10.0. The van der Waals surface area contributed by atoms with Crippen molar-refractivity contribution in [2.24, 2.45) is 5.92 Å². The molecule has 0 aliphatic rings. The minimum atomic E-state index is -0.177. The summed E-state index contributed by atoms with van der Waals surface area (Å²) >= 11 is 3.17. The molecule has 2 N–H and O–H groups in total. The largest absolute Gasteiger partial charge is 0.337 e. The van der Waals surface area contributed by atoms with Crippen molar-refractivity contribution in [1.29, 1.82) is 0 Å². The van der Waals surface area contributed by atoms with E-state index in [0.29, 0.717) is 18.4 Å². The molecule has 0 bridgehead atoms. The minimum absolute atomic E-state index is 0.177. The van der Waals surface area contributed by atoms with Crippen molar-refractivity contribution in [3.8, 4) is 0 Å². The van der Waals surface area contributed by atoms with E-state index in [1.807, 2.05) is 25.5 Å². The van der Waals surface area contributed by atoms with E-state index in [4.69, 9.17) is 0 Å². The number of urea groups is 1. The predicted octanol–water partition coefficient (Wildman–Crippen LogP) is 6.48. The van der Waals surface area contributed by atoms with Crippen LogP contribution in [0.15, 0.2) is 40.3 Å². The molecule has 1 heterocycles. The van der Waals surface area contributed by atoms with Gasteiger partial charge in [0.2, 0.25) is 0 Å². The van der Waals surface area contributed by atoms with Gasteiger partial charge in [0.1, 0.15) is 5.03 Å². The Labute approximate surface area is 184 Å². The van der Waals surface area contributed by atoms with E-state index in [9.17, 15) is 4.79 Å². The lowest BCUT2D eigenvalue weighted by Gasteiger charge is -2.20. The number of benzene rings is 1. The maximum Gasteiger partial charge on any atom is 0.319 e. The van der Waals surface area contributed by atoms with Crippen LogP contribution >= 0.6 is 23.5 Å². The number of hydrogen-bond acceptors (Lipinski definition) is 4. The zero-order valence-electron chi connectivity index (χ0n) is 18.3. The minimum Gasteiger partial charge on any atom is -0.337 e. The number of hydrogen-bond donors (Lipinski definition) is 2. The molecular weight excluding hydrogens is 398 g/mol. The molecule has 6 heteroatoms. The van der Waals surface area contributed by atoms with E-state index >= 15 is 0 Å². The van der Waals surface area contributed by atoms with Crippen LogP contribution in [0.2, 0.25) is 0 Å². The Kier molecular flexibility index (Phi) is 9.37. The first kappa shape index (κ1) is 23.6. The number of rotatable bonds is 9. The topological polar surface area (TPSA) is 54.0 Å². The van der Waals surface area contributed by atoms with E-state index in [1.54, 1.807) is 23.5 Å². The van der Waals surface area contributed by atoms with Crippen LogP contribution in [0.1, 0.15) is 49.4 Å². The van der Waals surface area contributed by atoms with Gasteiger partial charge >= 0.3 is 6.03 Å². The number of pyridine rings is 1. The van der Waals surface area contributed by atoms with Gasteiger partial charge < -0.3 is 10.6 Å². The average Bonchev–Trinajstić information content (AvgIpc) is 2.68. The highest BCUT2D eigenvalue weighted by Gasteiger charge is 2.17. The smallest absolute Gasteiger partial charge is 0.319 e. The Morgan fingerprint density at radius 1 is 1.10 bits per heavy atom. The van der Waals surface area contributed by atoms with Crippen molar-refractivity contribution in [1.82, 2.24) is 10.3 Å². The Morgan fingerprint density at radius 3 is 2.48 bits per heavy atom. The van der Waals surface area contributed by atoms with Crippen LogP contribution in [-0.4, -0.2) is 30.1 Å². The first-order chi connectivity index (χ1) is 13.8. The Bertz CT molecular complexity index is 799. The van der Waals surface area contributed by atoms with Gasteiger partial charge in [-0.2, -0.15) is 0 Å². The maximum absolute atomic E-state index is 12.7. The summed E-state index contributed by atoms with van der Waals surface area (Å²) in [5.41, 5.74) is 4.29. The molecule has 0 fully saturated rings. The van der Waals surface area contributed by atoms with Gasteiger partial charge in [-0.25, -0.2) is 9.78 Å². The quantitative estimate of drug-likeness (QED) is 0.446.